The Hall–Kier alpha value is -5.21. The molecule has 0 fully saturated rings. The van der Waals surface area contributed by atoms with Gasteiger partial charge in [0, 0.05) is 33.5 Å². The predicted molar refractivity (Wildman–Crippen MR) is 268 cm³/mol. The van der Waals surface area contributed by atoms with E-state index in [0.717, 1.165) is 5.69 Å². The third-order valence-corrected chi connectivity index (χ3v) is 12.7. The molecule has 1 heterocycles. The smallest absolute Gasteiger partial charge is 0.141 e. The van der Waals surface area contributed by atoms with Crippen LogP contribution in [0.15, 0.2) is 121 Å². The number of nitrogens with zero attached hydrogens (tertiary/aromatic N) is 2. The molecule has 0 unspecified atom stereocenters. The van der Waals surface area contributed by atoms with E-state index in [4.69, 9.17) is 0 Å². The maximum Gasteiger partial charge on any atom is 0.141 e. The second-order valence-electron chi connectivity index (χ2n) is 15.3. The van der Waals surface area contributed by atoms with Gasteiger partial charge < -0.3 is 9.47 Å². The number of hydrogen-bond acceptors (Lipinski definition) is 1. The summed E-state index contributed by atoms with van der Waals surface area (Å²) in [7, 11) is 22.9. The van der Waals surface area contributed by atoms with Gasteiger partial charge in [-0.1, -0.05) is 129 Å². The Bertz CT molecular complexity index is 2650. The van der Waals surface area contributed by atoms with Crippen LogP contribution >= 0.6 is 0 Å². The number of para-hydroxylation sites is 1. The Kier molecular flexibility index (Phi) is 9.21. The first-order valence-electron chi connectivity index (χ1n) is 19.2. The van der Waals surface area contributed by atoms with Crippen LogP contribution in [0.5, 0.6) is 0 Å². The predicted octanol–water partition coefficient (Wildman–Crippen LogP) is -5.83. The van der Waals surface area contributed by atoms with Crippen LogP contribution in [-0.4, -0.2) is 83.0 Å². The number of aromatic nitrogens is 1. The number of benzene rings is 7. The van der Waals surface area contributed by atoms with Crippen molar-refractivity contribution in [1.29, 1.82) is 0 Å². The summed E-state index contributed by atoms with van der Waals surface area (Å²) in [5, 5.41) is 2.53. The van der Waals surface area contributed by atoms with Gasteiger partial charge in [0.15, 0.2) is 0 Å². The maximum atomic E-state index is 2.57. The Labute approximate surface area is 329 Å². The van der Waals surface area contributed by atoms with Crippen LogP contribution in [0.4, 0.5) is 17.1 Å². The average molecular weight is 681 g/mol. The fourth-order valence-electron chi connectivity index (χ4n) is 8.79. The molecule has 2 nitrogen and oxygen atoms in total. The molecule has 0 bridgehead atoms. The lowest BCUT2D eigenvalue weighted by molar-refractivity contribution is 1.18. The van der Waals surface area contributed by atoms with Gasteiger partial charge in [0.05, 0.1) is 11.0 Å². The third kappa shape index (κ3) is 5.65. The fourth-order valence-corrected chi connectivity index (χ4v) is 8.79. The molecule has 0 aliphatic carbocycles. The molecule has 8 aromatic rings. The molecule has 12 heteroatoms. The Morgan fingerprint density at radius 1 is 0.370 bits per heavy atom. The molecule has 0 aliphatic rings. The number of rotatable bonds is 6. The second-order valence-corrected chi connectivity index (χ2v) is 15.3. The van der Waals surface area contributed by atoms with Crippen molar-refractivity contribution >= 4 is 172 Å². The minimum atomic E-state index is 1.16. The summed E-state index contributed by atoms with van der Waals surface area (Å²) in [6.07, 6.45) is 0. The lowest BCUT2D eigenvalue weighted by Gasteiger charge is -2.36. The molecule has 7 aromatic carbocycles. The van der Waals surface area contributed by atoms with Gasteiger partial charge in [-0.15, -0.1) is 10.9 Å². The van der Waals surface area contributed by atoms with Crippen LogP contribution in [0.1, 0.15) is 0 Å². The van der Waals surface area contributed by atoms with Crippen molar-refractivity contribution in [2.24, 2.45) is 0 Å². The van der Waals surface area contributed by atoms with Gasteiger partial charge in [-0.3, -0.25) is 0 Å². The zero-order chi connectivity index (χ0) is 38.0. The first-order valence-corrected chi connectivity index (χ1v) is 19.2. The molecule has 0 aliphatic heterocycles. The van der Waals surface area contributed by atoms with Crippen LogP contribution in [0, 0.1) is 0 Å². The molecule has 8 rings (SSSR count). The zero-order valence-corrected chi connectivity index (χ0v) is 33.4. The lowest BCUT2D eigenvalue weighted by Crippen LogP contribution is -2.59. The SMILES string of the molecule is Bc1c(B)c(B)c(N(c2cccc(-c3ccc4c5c(-c6ccccc6)cccc5n(-c5ccccc5)c4c3)c2)c2c(B)c(B)c(B)c(B)c2B)c(B)c1B. The Morgan fingerprint density at radius 3 is 1.43 bits per heavy atom. The summed E-state index contributed by atoms with van der Waals surface area (Å²) in [6.45, 7) is 0. The summed E-state index contributed by atoms with van der Waals surface area (Å²) in [5.41, 5.74) is 25.7. The van der Waals surface area contributed by atoms with Gasteiger partial charge in [0.1, 0.15) is 78.5 Å². The van der Waals surface area contributed by atoms with Gasteiger partial charge in [0.25, 0.3) is 0 Å². The van der Waals surface area contributed by atoms with Crippen molar-refractivity contribution in [3.8, 4) is 27.9 Å². The first kappa shape index (κ1) is 35.8. The third-order valence-electron chi connectivity index (χ3n) is 12.7. The lowest BCUT2D eigenvalue weighted by atomic mass is 9.60. The van der Waals surface area contributed by atoms with Crippen LogP contribution in [-0.2, 0) is 0 Å². The van der Waals surface area contributed by atoms with Crippen LogP contribution in [0.2, 0.25) is 0 Å². The minimum absolute atomic E-state index is 1.16. The summed E-state index contributed by atoms with van der Waals surface area (Å²) >= 11 is 0. The van der Waals surface area contributed by atoms with E-state index in [-0.39, 0.29) is 0 Å². The fraction of sp³-hybridized carbons (Fsp3) is 0. The monoisotopic (exact) mass is 682 g/mol. The van der Waals surface area contributed by atoms with Gasteiger partial charge in [-0.25, -0.2) is 0 Å². The van der Waals surface area contributed by atoms with Crippen molar-refractivity contribution in [3.63, 3.8) is 0 Å². The molecule has 0 spiro atoms. The van der Waals surface area contributed by atoms with Crippen molar-refractivity contribution in [2.75, 3.05) is 4.90 Å². The molecule has 54 heavy (non-hydrogen) atoms. The molecular weight excluding hydrogens is 641 g/mol. The minimum Gasteiger partial charge on any atom is -0.313 e. The largest absolute Gasteiger partial charge is 0.313 e. The molecule has 0 radical (unpaired) electrons. The van der Waals surface area contributed by atoms with Crippen molar-refractivity contribution < 1.29 is 0 Å². The van der Waals surface area contributed by atoms with Crippen LogP contribution in [0.25, 0.3) is 49.7 Å². The van der Waals surface area contributed by atoms with Gasteiger partial charge in [-0.05, 0) is 58.7 Å². The first-order chi connectivity index (χ1) is 26.0. The zero-order valence-electron chi connectivity index (χ0n) is 33.4. The van der Waals surface area contributed by atoms with Crippen LogP contribution < -0.4 is 59.5 Å². The maximum absolute atomic E-state index is 2.57. The van der Waals surface area contributed by atoms with Crippen molar-refractivity contribution in [1.82, 2.24) is 4.57 Å². The van der Waals surface area contributed by atoms with E-state index in [2.05, 4.69) is 209 Å². The highest BCUT2D eigenvalue weighted by molar-refractivity contribution is 6.71. The standard InChI is InChI=1S/C42H40B10N2/c43-31-33(45)37(49)41(38(50)34(31)46)54(42-39(51)35(47)32(44)36(48)40(42)52)25-14-7-11-22(19-25)23-17-18-27-29(20-23)53(24-12-5-2-6-13-24)28-16-8-15-26(30(27)28)21-9-3-1-4-10-21/h1-20H,43-52H2. The highest BCUT2D eigenvalue weighted by Crippen LogP contribution is 2.40. The normalized spacial score (nSPS) is 11.3. The van der Waals surface area contributed by atoms with E-state index < -0.39 is 0 Å². The highest BCUT2D eigenvalue weighted by Gasteiger charge is 2.25. The van der Waals surface area contributed by atoms with E-state index in [0.29, 0.717) is 0 Å². The topological polar surface area (TPSA) is 8.17 Å². The second kappa shape index (κ2) is 13.9. The van der Waals surface area contributed by atoms with E-state index in [1.165, 1.54) is 116 Å². The quantitative estimate of drug-likeness (QED) is 0.159. The highest BCUT2D eigenvalue weighted by atomic mass is 15.1. The molecule has 0 saturated heterocycles. The molecular formula is C42H40B10N2. The number of hydrogen-bond donors (Lipinski definition) is 0. The average Bonchev–Trinajstić information content (AvgIpc) is 3.54. The molecule has 0 amide bonds. The Balaban J connectivity index is 1.39. The molecule has 0 atom stereocenters. The summed E-state index contributed by atoms with van der Waals surface area (Å²) in [5.74, 6) is 0. The van der Waals surface area contributed by atoms with Crippen molar-refractivity contribution in [2.45, 2.75) is 0 Å². The summed E-state index contributed by atoms with van der Waals surface area (Å²) < 4.78 is 2.44. The van der Waals surface area contributed by atoms with E-state index in [1.54, 1.807) is 0 Å². The molecule has 0 saturated carbocycles. The van der Waals surface area contributed by atoms with E-state index in [1.807, 2.05) is 0 Å². The Morgan fingerprint density at radius 2 is 0.852 bits per heavy atom. The number of fused-ring (bicyclic) bond motifs is 3. The van der Waals surface area contributed by atoms with Crippen LogP contribution in [0.3, 0.4) is 0 Å². The number of anilines is 3. The molecule has 0 N–H and O–H groups in total. The molecule has 248 valence electrons. The van der Waals surface area contributed by atoms with Crippen molar-refractivity contribution in [3.05, 3.63) is 121 Å². The van der Waals surface area contributed by atoms with E-state index in [9.17, 15) is 0 Å². The summed E-state index contributed by atoms with van der Waals surface area (Å²) in [4.78, 5) is 2.57. The van der Waals surface area contributed by atoms with E-state index >= 15 is 0 Å². The molecule has 1 aromatic heterocycles. The van der Waals surface area contributed by atoms with Gasteiger partial charge >= 0.3 is 0 Å². The van der Waals surface area contributed by atoms with Gasteiger partial charge in [0.2, 0.25) is 0 Å². The summed E-state index contributed by atoms with van der Waals surface area (Å²) in [6, 6.07) is 44.5. The van der Waals surface area contributed by atoms with Gasteiger partial charge in [-0.2, -0.15) is 0 Å².